The molecular formula is C32H39N5O4. The van der Waals surface area contributed by atoms with Gasteiger partial charge in [0.2, 0.25) is 11.8 Å². The van der Waals surface area contributed by atoms with Crippen molar-refractivity contribution in [2.24, 2.45) is 5.41 Å². The molecular weight excluding hydrogens is 518 g/mol. The molecule has 0 spiro atoms. The van der Waals surface area contributed by atoms with Gasteiger partial charge in [-0.2, -0.15) is 0 Å². The second-order valence-electron chi connectivity index (χ2n) is 10.9. The highest BCUT2D eigenvalue weighted by atomic mass is 16.5. The molecule has 1 aliphatic rings. The summed E-state index contributed by atoms with van der Waals surface area (Å²) in [5.41, 5.74) is 1.98. The fraction of sp³-hybridized carbons (Fsp3) is 0.375. The number of nitrogens with zero attached hydrogens (tertiary/aromatic N) is 5. The summed E-state index contributed by atoms with van der Waals surface area (Å²) >= 11 is 0. The van der Waals surface area contributed by atoms with Crippen LogP contribution in [0.25, 0.3) is 0 Å². The number of carbonyl (C=O) groups is 3. The number of carbonyl (C=O) groups excluding carboxylic acids is 3. The monoisotopic (exact) mass is 557 g/mol. The van der Waals surface area contributed by atoms with Gasteiger partial charge in [0.15, 0.2) is 0 Å². The lowest BCUT2D eigenvalue weighted by molar-refractivity contribution is -0.137. The Morgan fingerprint density at radius 1 is 0.878 bits per heavy atom. The molecule has 0 saturated heterocycles. The van der Waals surface area contributed by atoms with Gasteiger partial charge in [-0.05, 0) is 62.2 Å². The fourth-order valence-electron chi connectivity index (χ4n) is 4.98. The Bertz CT molecular complexity index is 1360. The summed E-state index contributed by atoms with van der Waals surface area (Å²) in [7, 11) is 5.21. The number of fused-ring (bicyclic) bond motifs is 1. The first kappa shape index (κ1) is 29.7. The minimum absolute atomic E-state index is 0.000172. The number of benzene rings is 2. The van der Waals surface area contributed by atoms with Crippen LogP contribution in [0.15, 0.2) is 73.1 Å². The fourth-order valence-corrected chi connectivity index (χ4v) is 4.98. The molecule has 9 nitrogen and oxygen atoms in total. The van der Waals surface area contributed by atoms with Crippen molar-refractivity contribution in [3.05, 3.63) is 84.2 Å². The molecule has 3 amide bonds. The van der Waals surface area contributed by atoms with Gasteiger partial charge in [0, 0.05) is 71.3 Å². The van der Waals surface area contributed by atoms with Crippen molar-refractivity contribution in [2.75, 3.05) is 57.2 Å². The molecule has 0 saturated carbocycles. The summed E-state index contributed by atoms with van der Waals surface area (Å²) in [5, 5.41) is 0. The molecule has 1 aromatic heterocycles. The molecule has 0 aliphatic carbocycles. The third kappa shape index (κ3) is 6.92. The molecule has 2 aromatic carbocycles. The SMILES string of the molecule is CN(CCN(CCCOc1ccc2c(c1)N(C)C(=O)C(C)(C)C(=O)N2C)Cc1ccncc1)C(=O)c1ccccc1. The average Bonchev–Trinajstić information content (AvgIpc) is 3.04. The number of pyridine rings is 1. The van der Waals surface area contributed by atoms with E-state index >= 15 is 0 Å². The first-order valence-corrected chi connectivity index (χ1v) is 13.8. The number of hydrogen-bond acceptors (Lipinski definition) is 6. The highest BCUT2D eigenvalue weighted by Gasteiger charge is 2.44. The molecule has 2 heterocycles. The van der Waals surface area contributed by atoms with Crippen LogP contribution < -0.4 is 14.5 Å². The number of likely N-dealkylation sites (N-methyl/N-ethyl adjacent to an activating group) is 1. The van der Waals surface area contributed by atoms with E-state index in [0.29, 0.717) is 42.4 Å². The highest BCUT2D eigenvalue weighted by molar-refractivity contribution is 6.19. The van der Waals surface area contributed by atoms with E-state index in [1.165, 1.54) is 9.80 Å². The van der Waals surface area contributed by atoms with Crippen molar-refractivity contribution in [3.8, 4) is 5.75 Å². The Morgan fingerprint density at radius 2 is 1.54 bits per heavy atom. The molecule has 0 fully saturated rings. The van der Waals surface area contributed by atoms with E-state index in [0.717, 1.165) is 25.1 Å². The summed E-state index contributed by atoms with van der Waals surface area (Å²) < 4.78 is 6.09. The van der Waals surface area contributed by atoms with Crippen molar-refractivity contribution in [3.63, 3.8) is 0 Å². The number of aromatic nitrogens is 1. The first-order valence-electron chi connectivity index (χ1n) is 13.8. The summed E-state index contributed by atoms with van der Waals surface area (Å²) in [4.78, 5) is 50.0. The zero-order chi connectivity index (χ0) is 29.6. The molecule has 1 aliphatic heterocycles. The van der Waals surface area contributed by atoms with Crippen molar-refractivity contribution >= 4 is 29.1 Å². The molecule has 0 N–H and O–H groups in total. The minimum atomic E-state index is -1.15. The summed E-state index contributed by atoms with van der Waals surface area (Å²) in [6.07, 6.45) is 4.33. The van der Waals surface area contributed by atoms with Crippen LogP contribution in [0.5, 0.6) is 5.75 Å². The standard InChI is InChI=1S/C32H39N5O4/c1-32(2)30(39)35(4)27-13-12-26(22-28(27)36(5)31(32)40)41-21-9-18-37(23-24-14-16-33-17-15-24)20-19-34(3)29(38)25-10-7-6-8-11-25/h6-8,10-17,22H,9,18-21,23H2,1-5H3. The Kier molecular flexibility index (Phi) is 9.39. The smallest absolute Gasteiger partial charge is 0.253 e. The molecule has 0 bridgehead atoms. The lowest BCUT2D eigenvalue weighted by Gasteiger charge is -2.26. The molecule has 41 heavy (non-hydrogen) atoms. The van der Waals surface area contributed by atoms with Crippen molar-refractivity contribution in [2.45, 2.75) is 26.8 Å². The largest absolute Gasteiger partial charge is 0.493 e. The lowest BCUT2D eigenvalue weighted by atomic mass is 9.90. The third-order valence-corrected chi connectivity index (χ3v) is 7.51. The minimum Gasteiger partial charge on any atom is -0.493 e. The number of hydrogen-bond donors (Lipinski definition) is 0. The zero-order valence-electron chi connectivity index (χ0n) is 24.5. The zero-order valence-corrected chi connectivity index (χ0v) is 24.5. The van der Waals surface area contributed by atoms with E-state index in [-0.39, 0.29) is 17.7 Å². The molecule has 216 valence electrons. The Balaban J connectivity index is 1.37. The van der Waals surface area contributed by atoms with Gasteiger partial charge in [-0.15, -0.1) is 0 Å². The van der Waals surface area contributed by atoms with Gasteiger partial charge in [0.05, 0.1) is 18.0 Å². The normalized spacial score (nSPS) is 14.6. The summed E-state index contributed by atoms with van der Waals surface area (Å²) in [5.74, 6) is 0.137. The Labute approximate surface area is 242 Å². The topological polar surface area (TPSA) is 86.3 Å². The average molecular weight is 558 g/mol. The summed E-state index contributed by atoms with van der Waals surface area (Å²) in [6, 6.07) is 18.8. The maximum absolute atomic E-state index is 13.0. The Morgan fingerprint density at radius 3 is 2.22 bits per heavy atom. The summed E-state index contributed by atoms with van der Waals surface area (Å²) in [6.45, 7) is 6.58. The predicted octanol–water partition coefficient (Wildman–Crippen LogP) is 4.09. The van der Waals surface area contributed by atoms with Gasteiger partial charge in [0.25, 0.3) is 5.91 Å². The molecule has 0 atom stereocenters. The maximum atomic E-state index is 13.0. The van der Waals surface area contributed by atoms with E-state index in [1.807, 2.05) is 67.7 Å². The van der Waals surface area contributed by atoms with Crippen LogP contribution in [0.3, 0.4) is 0 Å². The first-order chi connectivity index (χ1) is 19.6. The Hall–Kier alpha value is -4.24. The number of ether oxygens (including phenoxy) is 1. The van der Waals surface area contributed by atoms with Crippen LogP contribution in [0.2, 0.25) is 0 Å². The van der Waals surface area contributed by atoms with Crippen molar-refractivity contribution in [1.82, 2.24) is 14.8 Å². The van der Waals surface area contributed by atoms with Gasteiger partial charge in [-0.3, -0.25) is 24.3 Å². The third-order valence-electron chi connectivity index (χ3n) is 7.51. The number of rotatable bonds is 11. The highest BCUT2D eigenvalue weighted by Crippen LogP contribution is 2.39. The van der Waals surface area contributed by atoms with Gasteiger partial charge in [0.1, 0.15) is 11.2 Å². The van der Waals surface area contributed by atoms with Crippen LogP contribution in [-0.2, 0) is 16.1 Å². The number of anilines is 2. The van der Waals surface area contributed by atoms with Crippen LogP contribution in [0.4, 0.5) is 11.4 Å². The number of amides is 3. The molecule has 3 aromatic rings. The van der Waals surface area contributed by atoms with Gasteiger partial charge in [-0.25, -0.2) is 0 Å². The van der Waals surface area contributed by atoms with Gasteiger partial charge < -0.3 is 19.4 Å². The van der Waals surface area contributed by atoms with Crippen LogP contribution in [0, 0.1) is 5.41 Å². The van der Waals surface area contributed by atoms with Crippen LogP contribution in [-0.4, -0.2) is 79.9 Å². The van der Waals surface area contributed by atoms with Gasteiger partial charge >= 0.3 is 0 Å². The van der Waals surface area contributed by atoms with Crippen molar-refractivity contribution in [1.29, 1.82) is 0 Å². The predicted molar refractivity (Wildman–Crippen MR) is 160 cm³/mol. The van der Waals surface area contributed by atoms with Crippen LogP contribution in [0.1, 0.15) is 36.2 Å². The molecule has 9 heteroatoms. The van der Waals surface area contributed by atoms with Crippen molar-refractivity contribution < 1.29 is 19.1 Å². The molecule has 4 rings (SSSR count). The van der Waals surface area contributed by atoms with E-state index in [1.54, 1.807) is 45.2 Å². The lowest BCUT2D eigenvalue weighted by Crippen LogP contribution is -2.46. The van der Waals surface area contributed by atoms with E-state index in [2.05, 4.69) is 9.88 Å². The van der Waals surface area contributed by atoms with E-state index < -0.39 is 5.41 Å². The molecule has 0 unspecified atom stereocenters. The maximum Gasteiger partial charge on any atom is 0.253 e. The van der Waals surface area contributed by atoms with Crippen LogP contribution >= 0.6 is 0 Å². The second kappa shape index (κ2) is 13.0. The quantitative estimate of drug-likeness (QED) is 0.261. The van der Waals surface area contributed by atoms with E-state index in [4.69, 9.17) is 4.74 Å². The van der Waals surface area contributed by atoms with Gasteiger partial charge in [-0.1, -0.05) is 18.2 Å². The van der Waals surface area contributed by atoms with E-state index in [9.17, 15) is 14.4 Å². The second-order valence-corrected chi connectivity index (χ2v) is 10.9. The molecule has 0 radical (unpaired) electrons.